The van der Waals surface area contributed by atoms with Crippen molar-refractivity contribution < 1.29 is 39.0 Å². The number of nitrogens with zero attached hydrogens (tertiary/aromatic N) is 2. The van der Waals surface area contributed by atoms with Crippen LogP contribution in [0.15, 0.2) is 0 Å². The van der Waals surface area contributed by atoms with Crippen LogP contribution in [0, 0.1) is 23.7 Å². The molecule has 0 rings (SSSR count). The zero-order valence-corrected chi connectivity index (χ0v) is 5.66. The maximum atomic E-state index is 6.25. The average Bonchev–Trinajstić information content (AvgIpc) is 1.50. The largest absolute Gasteiger partial charge is 2.00 e. The van der Waals surface area contributed by atoms with E-state index in [1.165, 1.54) is 0 Å². The normalized spacial score (nSPS) is 0.444. The molecule has 0 atom stereocenters. The van der Waals surface area contributed by atoms with Crippen molar-refractivity contribution >= 4 is 0 Å². The topological polar surface area (TPSA) is 180 Å². The quantitative estimate of drug-likeness (QED) is 0.215. The summed E-state index contributed by atoms with van der Waals surface area (Å²) in [5.74, 6) is 0. The van der Waals surface area contributed by atoms with Crippen LogP contribution in [0.1, 0.15) is 0 Å². The van der Waals surface area contributed by atoms with Crippen LogP contribution in [0.4, 0.5) is 0 Å². The van der Waals surface area contributed by atoms with Crippen LogP contribution in [0.25, 0.3) is 0 Å². The fraction of sp³-hybridized carbons (Fsp3) is 0. The predicted molar refractivity (Wildman–Crippen MR) is 29.4 cm³/mol. The van der Waals surface area contributed by atoms with Crippen molar-refractivity contribution in [2.24, 2.45) is 0 Å². The van der Waals surface area contributed by atoms with E-state index in [-0.39, 0.29) is 39.0 Å². The Labute approximate surface area is 63.4 Å². The molecule has 9 heavy (non-hydrogen) atoms. The van der Waals surface area contributed by atoms with E-state index < -0.39 is 0 Å². The van der Waals surface area contributed by atoms with Gasteiger partial charge < -0.3 is 45.6 Å². The first-order valence-electron chi connectivity index (χ1n) is 0.447. The standard InChI is InChI=1S/2CN.Fe.4H2O/c2*1-2;;;;;/h;;;4*1H2/q2*-1;+2;;;;/p+4. The summed E-state index contributed by atoms with van der Waals surface area (Å²) in [6, 6.07) is 0. The molecule has 12 N–H and O–H groups in total. The Morgan fingerprint density at radius 2 is 0.556 bits per heavy atom. The van der Waals surface area contributed by atoms with Crippen LogP contribution in [-0.2, 0) is 39.0 Å². The first-order chi connectivity index (χ1) is 2.00. The molecule has 0 saturated carbocycles. The third kappa shape index (κ3) is 480. The van der Waals surface area contributed by atoms with Crippen molar-refractivity contribution in [2.75, 3.05) is 0 Å². The van der Waals surface area contributed by atoms with Crippen LogP contribution < -0.4 is 0 Å². The second-order valence-electron chi connectivity index (χ2n) is 0. The fourth-order valence-electron chi connectivity index (χ4n) is 0. The monoisotopic (exact) mass is 184 g/mol. The molecule has 6 nitrogen and oxygen atoms in total. The SMILES string of the molecule is [C-]#N.[C-]#N.[Fe+2].[OH3+].[OH3+].[OH3+].[OH3+]. The van der Waals surface area contributed by atoms with Gasteiger partial charge in [0.25, 0.3) is 0 Å². The van der Waals surface area contributed by atoms with Crippen LogP contribution in [0.3, 0.4) is 0 Å². The van der Waals surface area contributed by atoms with E-state index in [4.69, 9.17) is 23.7 Å². The number of rotatable bonds is 0. The molecule has 7 heteroatoms. The Balaban J connectivity index is -0.00000000114. The second kappa shape index (κ2) is 676. The van der Waals surface area contributed by atoms with Crippen LogP contribution in [0.2, 0.25) is 0 Å². The van der Waals surface area contributed by atoms with E-state index in [0.717, 1.165) is 0 Å². The third-order valence-electron chi connectivity index (χ3n) is 0. The molecule has 0 amide bonds. The second-order valence-corrected chi connectivity index (χ2v) is 0. The molecule has 0 fully saturated rings. The van der Waals surface area contributed by atoms with Gasteiger partial charge in [-0.3, -0.25) is 0 Å². The summed E-state index contributed by atoms with van der Waals surface area (Å²) in [7, 11) is 0. The molecule has 0 aliphatic rings. The maximum absolute atomic E-state index is 6.25. The van der Waals surface area contributed by atoms with Gasteiger partial charge in [0.2, 0.25) is 0 Å². The zero-order chi connectivity index (χ0) is 4.00. The van der Waals surface area contributed by atoms with Crippen LogP contribution in [-0.4, -0.2) is 0 Å². The van der Waals surface area contributed by atoms with Gasteiger partial charge in [0, 0.05) is 0 Å². The minimum atomic E-state index is 0. The number of hydrogen-bond donors (Lipinski definition) is 0. The first-order valence-corrected chi connectivity index (χ1v) is 0.447. The van der Waals surface area contributed by atoms with E-state index in [9.17, 15) is 0 Å². The molecular formula is C2H12FeN2O4+4. The van der Waals surface area contributed by atoms with Crippen molar-refractivity contribution in [1.29, 1.82) is 10.5 Å². The number of hydrogen-bond acceptors (Lipinski definition) is 2. The Kier molecular flexibility index (Phi) is 18800. The summed E-state index contributed by atoms with van der Waals surface area (Å²) in [5.41, 5.74) is 0. The zero-order valence-electron chi connectivity index (χ0n) is 4.56. The fourth-order valence-corrected chi connectivity index (χ4v) is 0. The van der Waals surface area contributed by atoms with Gasteiger partial charge in [-0.05, 0) is 0 Å². The Morgan fingerprint density at radius 3 is 0.556 bits per heavy atom. The van der Waals surface area contributed by atoms with Gasteiger partial charge in [-0.1, -0.05) is 0 Å². The van der Waals surface area contributed by atoms with Gasteiger partial charge in [-0.15, -0.1) is 0 Å². The molecule has 0 aliphatic heterocycles. The minimum absolute atomic E-state index is 0. The molecule has 0 aromatic carbocycles. The van der Waals surface area contributed by atoms with Gasteiger partial charge in [0.05, 0.1) is 0 Å². The Bertz CT molecular complexity index is 32.0. The van der Waals surface area contributed by atoms with Gasteiger partial charge >= 0.3 is 17.1 Å². The molecule has 0 radical (unpaired) electrons. The van der Waals surface area contributed by atoms with Gasteiger partial charge in [0.15, 0.2) is 0 Å². The summed E-state index contributed by atoms with van der Waals surface area (Å²) in [6.45, 7) is 9.50. The summed E-state index contributed by atoms with van der Waals surface area (Å²) in [6.07, 6.45) is 0. The summed E-state index contributed by atoms with van der Waals surface area (Å²) in [4.78, 5) is 0. The Hall–Kier alpha value is -0.661. The van der Waals surface area contributed by atoms with Crippen molar-refractivity contribution in [1.82, 2.24) is 0 Å². The molecule has 0 unspecified atom stereocenters. The van der Waals surface area contributed by atoms with Crippen LogP contribution in [0.5, 0.6) is 0 Å². The van der Waals surface area contributed by atoms with E-state index >= 15 is 0 Å². The smallest absolute Gasteiger partial charge is 0.512 e. The molecule has 58 valence electrons. The van der Waals surface area contributed by atoms with Crippen molar-refractivity contribution in [2.45, 2.75) is 0 Å². The molecule has 0 aromatic rings. The summed E-state index contributed by atoms with van der Waals surface area (Å²) >= 11 is 0. The first kappa shape index (κ1) is 250. The average molecular weight is 184 g/mol. The van der Waals surface area contributed by atoms with E-state index in [1.54, 1.807) is 0 Å². The molecule has 0 spiro atoms. The molecule has 0 heterocycles. The van der Waals surface area contributed by atoms with Gasteiger partial charge in [-0.2, -0.15) is 0 Å². The van der Waals surface area contributed by atoms with E-state index in [2.05, 4.69) is 0 Å². The van der Waals surface area contributed by atoms with Crippen molar-refractivity contribution in [3.63, 3.8) is 0 Å². The van der Waals surface area contributed by atoms with Gasteiger partial charge in [-0.25, -0.2) is 0 Å². The van der Waals surface area contributed by atoms with Gasteiger partial charge in [0.1, 0.15) is 0 Å². The third-order valence-corrected chi connectivity index (χ3v) is 0. The summed E-state index contributed by atoms with van der Waals surface area (Å²) in [5, 5.41) is 12.5. The molecule has 0 aromatic heterocycles. The minimum Gasteiger partial charge on any atom is -0.512 e. The molecule has 0 saturated heterocycles. The summed E-state index contributed by atoms with van der Waals surface area (Å²) < 4.78 is 0. The predicted octanol–water partition coefficient (Wildman–Crippen LogP) is -3.50. The van der Waals surface area contributed by atoms with E-state index in [1.807, 2.05) is 0 Å². The van der Waals surface area contributed by atoms with Crippen LogP contribution >= 0.6 is 0 Å². The van der Waals surface area contributed by atoms with E-state index in [0.29, 0.717) is 0 Å². The van der Waals surface area contributed by atoms with Crippen molar-refractivity contribution in [3.05, 3.63) is 13.1 Å². The van der Waals surface area contributed by atoms with Crippen molar-refractivity contribution in [3.8, 4) is 0 Å². The maximum Gasteiger partial charge on any atom is 2.00 e. The molecule has 0 aliphatic carbocycles. The molecule has 0 bridgehead atoms. The molecular weight excluding hydrogens is 172 g/mol. The Morgan fingerprint density at radius 1 is 0.556 bits per heavy atom.